The Balaban J connectivity index is 1.53. The number of fused-ring (bicyclic) bond motifs is 1. The van der Waals surface area contributed by atoms with Gasteiger partial charge in [-0.1, -0.05) is 18.2 Å². The smallest absolute Gasteiger partial charge is 0.0794 e. The molecular weight excluding hydrogens is 242 g/mol. The van der Waals surface area contributed by atoms with Crippen molar-refractivity contribution in [3.05, 3.63) is 45.9 Å². The first-order chi connectivity index (χ1) is 8.93. The van der Waals surface area contributed by atoms with E-state index in [2.05, 4.69) is 39.2 Å². The van der Waals surface area contributed by atoms with E-state index in [1.807, 2.05) is 5.51 Å². The molecule has 0 fully saturated rings. The van der Waals surface area contributed by atoms with Gasteiger partial charge in [0, 0.05) is 37.1 Å². The maximum Gasteiger partial charge on any atom is 0.0794 e. The molecule has 3 rings (SSSR count). The van der Waals surface area contributed by atoms with Gasteiger partial charge in [0.15, 0.2) is 0 Å². The Bertz CT molecular complexity index is 508. The standard InChI is InChI=1S/C14H17N3S/c1-2-11-4-7-16-14(11)12(3-1)8-15-6-5-13-9-18-10-17-13/h1-3,9-10,15-16H,4-8H2. The molecule has 0 aliphatic carbocycles. The third-order valence-corrected chi connectivity index (χ3v) is 3.93. The monoisotopic (exact) mass is 259 g/mol. The number of anilines is 1. The van der Waals surface area contributed by atoms with Gasteiger partial charge in [0.05, 0.1) is 11.2 Å². The van der Waals surface area contributed by atoms with Crippen molar-refractivity contribution in [1.82, 2.24) is 10.3 Å². The lowest BCUT2D eigenvalue weighted by Crippen LogP contribution is -2.17. The van der Waals surface area contributed by atoms with Crippen LogP contribution in [0.4, 0.5) is 5.69 Å². The molecule has 0 bridgehead atoms. The molecule has 0 saturated carbocycles. The summed E-state index contributed by atoms with van der Waals surface area (Å²) in [6, 6.07) is 6.57. The van der Waals surface area contributed by atoms with Crippen LogP contribution >= 0.6 is 11.3 Å². The Morgan fingerprint density at radius 2 is 2.39 bits per heavy atom. The molecule has 94 valence electrons. The van der Waals surface area contributed by atoms with Crippen molar-refractivity contribution in [2.75, 3.05) is 18.4 Å². The lowest BCUT2D eigenvalue weighted by Gasteiger charge is -2.09. The zero-order chi connectivity index (χ0) is 12.2. The molecule has 2 aromatic rings. The zero-order valence-electron chi connectivity index (χ0n) is 10.3. The quantitative estimate of drug-likeness (QED) is 0.810. The van der Waals surface area contributed by atoms with E-state index in [9.17, 15) is 0 Å². The molecule has 4 heteroatoms. The predicted molar refractivity (Wildman–Crippen MR) is 76.2 cm³/mol. The normalized spacial score (nSPS) is 13.3. The first kappa shape index (κ1) is 11.7. The van der Waals surface area contributed by atoms with Gasteiger partial charge in [-0.25, -0.2) is 4.98 Å². The van der Waals surface area contributed by atoms with Crippen molar-refractivity contribution < 1.29 is 0 Å². The lowest BCUT2D eigenvalue weighted by atomic mass is 10.1. The van der Waals surface area contributed by atoms with Gasteiger partial charge in [-0.2, -0.15) is 0 Å². The van der Waals surface area contributed by atoms with Crippen molar-refractivity contribution in [3.8, 4) is 0 Å². The number of rotatable bonds is 5. The Labute approximate surface area is 111 Å². The number of benzene rings is 1. The molecule has 1 aliphatic rings. The molecule has 0 spiro atoms. The maximum atomic E-state index is 4.28. The molecule has 2 N–H and O–H groups in total. The SMILES string of the molecule is c1cc2c(c(CNCCc3cscn3)c1)NCC2. The molecule has 0 saturated heterocycles. The van der Waals surface area contributed by atoms with Crippen LogP contribution in [0.15, 0.2) is 29.1 Å². The van der Waals surface area contributed by atoms with Gasteiger partial charge >= 0.3 is 0 Å². The third-order valence-electron chi connectivity index (χ3n) is 3.29. The van der Waals surface area contributed by atoms with Crippen LogP contribution in [0.1, 0.15) is 16.8 Å². The minimum absolute atomic E-state index is 0.931. The summed E-state index contributed by atoms with van der Waals surface area (Å²) in [7, 11) is 0. The molecule has 0 atom stereocenters. The fourth-order valence-corrected chi connectivity index (χ4v) is 2.95. The molecule has 1 aliphatic heterocycles. The highest BCUT2D eigenvalue weighted by Crippen LogP contribution is 2.26. The van der Waals surface area contributed by atoms with E-state index in [1.54, 1.807) is 11.3 Å². The van der Waals surface area contributed by atoms with E-state index >= 15 is 0 Å². The Morgan fingerprint density at radius 1 is 1.39 bits per heavy atom. The largest absolute Gasteiger partial charge is 0.384 e. The predicted octanol–water partition coefficient (Wildman–Crippen LogP) is 2.44. The zero-order valence-corrected chi connectivity index (χ0v) is 11.1. The van der Waals surface area contributed by atoms with Gasteiger partial charge in [0.2, 0.25) is 0 Å². The highest BCUT2D eigenvalue weighted by atomic mass is 32.1. The Hall–Kier alpha value is -1.39. The number of hydrogen-bond acceptors (Lipinski definition) is 4. The molecule has 3 nitrogen and oxygen atoms in total. The van der Waals surface area contributed by atoms with Crippen LogP contribution in [-0.4, -0.2) is 18.1 Å². The fraction of sp³-hybridized carbons (Fsp3) is 0.357. The average Bonchev–Trinajstić information content (AvgIpc) is 3.05. The molecule has 1 aromatic heterocycles. The molecule has 1 aromatic carbocycles. The molecular formula is C14H17N3S. The van der Waals surface area contributed by atoms with Crippen molar-refractivity contribution >= 4 is 17.0 Å². The van der Waals surface area contributed by atoms with Crippen LogP contribution < -0.4 is 10.6 Å². The lowest BCUT2D eigenvalue weighted by molar-refractivity contribution is 0.682. The van der Waals surface area contributed by atoms with Gasteiger partial charge in [-0.05, 0) is 17.5 Å². The fourth-order valence-electron chi connectivity index (χ4n) is 2.36. The molecule has 0 radical (unpaired) electrons. The van der Waals surface area contributed by atoms with Gasteiger partial charge in [-0.15, -0.1) is 11.3 Å². The number of nitrogens with one attached hydrogen (secondary N) is 2. The van der Waals surface area contributed by atoms with Crippen LogP contribution in [0.2, 0.25) is 0 Å². The molecule has 0 unspecified atom stereocenters. The number of hydrogen-bond donors (Lipinski definition) is 2. The highest BCUT2D eigenvalue weighted by molar-refractivity contribution is 7.07. The van der Waals surface area contributed by atoms with Crippen LogP contribution in [0.25, 0.3) is 0 Å². The Kier molecular flexibility index (Phi) is 3.57. The van der Waals surface area contributed by atoms with Gasteiger partial charge in [0.25, 0.3) is 0 Å². The van der Waals surface area contributed by atoms with Crippen molar-refractivity contribution in [2.45, 2.75) is 19.4 Å². The van der Waals surface area contributed by atoms with Crippen LogP contribution in [-0.2, 0) is 19.4 Å². The second kappa shape index (κ2) is 5.50. The van der Waals surface area contributed by atoms with Crippen LogP contribution in [0.3, 0.4) is 0 Å². The average molecular weight is 259 g/mol. The van der Waals surface area contributed by atoms with E-state index < -0.39 is 0 Å². The van der Waals surface area contributed by atoms with E-state index in [0.29, 0.717) is 0 Å². The van der Waals surface area contributed by atoms with Crippen molar-refractivity contribution in [2.24, 2.45) is 0 Å². The summed E-state index contributed by atoms with van der Waals surface area (Å²) in [6.45, 7) is 2.99. The van der Waals surface area contributed by atoms with Crippen LogP contribution in [0.5, 0.6) is 0 Å². The second-order valence-electron chi connectivity index (χ2n) is 4.53. The van der Waals surface area contributed by atoms with E-state index in [4.69, 9.17) is 0 Å². The highest BCUT2D eigenvalue weighted by Gasteiger charge is 2.12. The number of nitrogens with zero attached hydrogens (tertiary/aromatic N) is 1. The van der Waals surface area contributed by atoms with Gasteiger partial charge < -0.3 is 10.6 Å². The topological polar surface area (TPSA) is 37.0 Å². The minimum Gasteiger partial charge on any atom is -0.384 e. The summed E-state index contributed by atoms with van der Waals surface area (Å²) in [4.78, 5) is 4.28. The summed E-state index contributed by atoms with van der Waals surface area (Å²) in [5.41, 5.74) is 7.25. The van der Waals surface area contributed by atoms with E-state index in [0.717, 1.165) is 32.5 Å². The molecule has 0 amide bonds. The first-order valence-electron chi connectivity index (χ1n) is 6.36. The molecule has 2 heterocycles. The molecule has 18 heavy (non-hydrogen) atoms. The van der Waals surface area contributed by atoms with Gasteiger partial charge in [0.1, 0.15) is 0 Å². The minimum atomic E-state index is 0.931. The summed E-state index contributed by atoms with van der Waals surface area (Å²) in [5, 5.41) is 9.08. The van der Waals surface area contributed by atoms with Crippen LogP contribution in [0, 0.1) is 0 Å². The summed E-state index contributed by atoms with van der Waals surface area (Å²) in [6.07, 6.45) is 2.16. The first-order valence-corrected chi connectivity index (χ1v) is 7.30. The third kappa shape index (κ3) is 2.54. The summed E-state index contributed by atoms with van der Waals surface area (Å²) < 4.78 is 0. The second-order valence-corrected chi connectivity index (χ2v) is 5.25. The van der Waals surface area contributed by atoms with E-state index in [-0.39, 0.29) is 0 Å². The van der Waals surface area contributed by atoms with Crippen molar-refractivity contribution in [1.29, 1.82) is 0 Å². The van der Waals surface area contributed by atoms with E-state index in [1.165, 1.54) is 22.5 Å². The maximum absolute atomic E-state index is 4.28. The van der Waals surface area contributed by atoms with Crippen molar-refractivity contribution in [3.63, 3.8) is 0 Å². The van der Waals surface area contributed by atoms with Gasteiger partial charge in [-0.3, -0.25) is 0 Å². The number of para-hydroxylation sites is 1. The number of aromatic nitrogens is 1. The summed E-state index contributed by atoms with van der Waals surface area (Å²) in [5.74, 6) is 0. The summed E-state index contributed by atoms with van der Waals surface area (Å²) >= 11 is 1.66. The Morgan fingerprint density at radius 3 is 3.28 bits per heavy atom. The number of thiazole rings is 1.